The lowest BCUT2D eigenvalue weighted by Crippen LogP contribution is -2.55. The van der Waals surface area contributed by atoms with Crippen molar-refractivity contribution in [1.82, 2.24) is 14.9 Å². The number of imidazole rings is 1. The van der Waals surface area contributed by atoms with Crippen molar-refractivity contribution >= 4 is 16.7 Å². The molecular weight excluding hydrogens is 346 g/mol. The molecule has 1 amide bonds. The molecule has 2 heterocycles. The van der Waals surface area contributed by atoms with Crippen LogP contribution in [0.5, 0.6) is 0 Å². The molecule has 1 aromatic heterocycles. The van der Waals surface area contributed by atoms with Crippen LogP contribution in [0.4, 0.5) is 0 Å². The Hall–Kier alpha value is -3.40. The fraction of sp³-hybridized carbons (Fsp3) is 0.167. The lowest BCUT2D eigenvalue weighted by atomic mass is 9.68. The lowest BCUT2D eigenvalue weighted by molar-refractivity contribution is 0.0836. The Morgan fingerprint density at radius 3 is 2.68 bits per heavy atom. The van der Waals surface area contributed by atoms with Crippen LogP contribution in [0.25, 0.3) is 22.0 Å². The maximum atomic E-state index is 12.8. The summed E-state index contributed by atoms with van der Waals surface area (Å²) in [6.07, 6.45) is 5.66. The first-order chi connectivity index (χ1) is 13.7. The van der Waals surface area contributed by atoms with Gasteiger partial charge in [0.05, 0.1) is 23.8 Å². The molecule has 3 aromatic carbocycles. The van der Waals surface area contributed by atoms with E-state index in [1.54, 1.807) is 0 Å². The average Bonchev–Trinajstić information content (AvgIpc) is 3.28. The standard InChI is InChI=1S/C24H19N3O/c28-23(18-10-9-16-5-1-2-6-17(16)11-18)26-19-12-24(13-19)21-8-4-3-7-20(21)22-14-25-15-27(22)24/h1-11,14-15,19H,12-13H2,(H,26,28). The number of nitrogens with zero attached hydrogens (tertiary/aromatic N) is 2. The third kappa shape index (κ3) is 2.06. The second-order valence-corrected chi connectivity index (χ2v) is 7.87. The van der Waals surface area contributed by atoms with Crippen LogP contribution >= 0.6 is 0 Å². The maximum absolute atomic E-state index is 12.8. The third-order valence-corrected chi connectivity index (χ3v) is 6.32. The monoisotopic (exact) mass is 365 g/mol. The summed E-state index contributed by atoms with van der Waals surface area (Å²) in [5, 5.41) is 5.47. The molecule has 4 aromatic rings. The van der Waals surface area contributed by atoms with Gasteiger partial charge in [0.25, 0.3) is 5.91 Å². The fourth-order valence-electron chi connectivity index (χ4n) is 4.95. The molecule has 1 saturated carbocycles. The first kappa shape index (κ1) is 15.6. The number of hydrogen-bond acceptors (Lipinski definition) is 2. The molecule has 1 aliphatic carbocycles. The van der Waals surface area contributed by atoms with Crippen LogP contribution in [0.15, 0.2) is 79.3 Å². The van der Waals surface area contributed by atoms with Crippen molar-refractivity contribution in [3.05, 3.63) is 90.4 Å². The molecule has 2 aliphatic rings. The Labute approximate surface area is 162 Å². The molecule has 4 nitrogen and oxygen atoms in total. The van der Waals surface area contributed by atoms with Crippen molar-refractivity contribution in [2.75, 3.05) is 0 Å². The average molecular weight is 365 g/mol. The van der Waals surface area contributed by atoms with Crippen LogP contribution in [-0.4, -0.2) is 21.5 Å². The van der Waals surface area contributed by atoms with Gasteiger partial charge >= 0.3 is 0 Å². The molecule has 1 spiro atoms. The van der Waals surface area contributed by atoms with Crippen molar-refractivity contribution in [2.24, 2.45) is 0 Å². The highest BCUT2D eigenvalue weighted by molar-refractivity contribution is 5.98. The molecule has 1 aliphatic heterocycles. The first-order valence-electron chi connectivity index (χ1n) is 9.67. The minimum Gasteiger partial charge on any atom is -0.349 e. The normalized spacial score (nSPS) is 21.9. The van der Waals surface area contributed by atoms with Gasteiger partial charge in [0.15, 0.2) is 0 Å². The highest BCUT2D eigenvalue weighted by atomic mass is 16.1. The molecule has 0 atom stereocenters. The van der Waals surface area contributed by atoms with Gasteiger partial charge in [-0.25, -0.2) is 4.98 Å². The highest BCUT2D eigenvalue weighted by Gasteiger charge is 2.52. The summed E-state index contributed by atoms with van der Waals surface area (Å²) >= 11 is 0. The predicted molar refractivity (Wildman–Crippen MR) is 109 cm³/mol. The van der Waals surface area contributed by atoms with Crippen molar-refractivity contribution < 1.29 is 4.79 Å². The largest absolute Gasteiger partial charge is 0.349 e. The van der Waals surface area contributed by atoms with Crippen molar-refractivity contribution in [3.8, 4) is 11.3 Å². The Morgan fingerprint density at radius 2 is 1.79 bits per heavy atom. The number of carbonyl (C=O) groups excluding carboxylic acids is 1. The second-order valence-electron chi connectivity index (χ2n) is 7.87. The molecule has 1 N–H and O–H groups in total. The van der Waals surface area contributed by atoms with Crippen LogP contribution in [0, 0.1) is 0 Å². The number of benzene rings is 3. The van der Waals surface area contributed by atoms with Gasteiger partial charge < -0.3 is 9.88 Å². The van der Waals surface area contributed by atoms with Gasteiger partial charge in [-0.2, -0.15) is 0 Å². The zero-order chi connectivity index (χ0) is 18.7. The summed E-state index contributed by atoms with van der Waals surface area (Å²) in [6.45, 7) is 0. The van der Waals surface area contributed by atoms with E-state index in [0.29, 0.717) is 0 Å². The van der Waals surface area contributed by atoms with Crippen molar-refractivity contribution in [1.29, 1.82) is 0 Å². The second kappa shape index (κ2) is 5.55. The Kier molecular flexibility index (Phi) is 3.10. The molecule has 0 saturated heterocycles. The van der Waals surface area contributed by atoms with E-state index in [1.165, 1.54) is 16.8 Å². The van der Waals surface area contributed by atoms with Gasteiger partial charge in [-0.1, -0.05) is 54.6 Å². The molecule has 4 heteroatoms. The number of aromatic nitrogens is 2. The maximum Gasteiger partial charge on any atom is 0.251 e. The Bertz CT molecular complexity index is 1230. The number of rotatable bonds is 2. The van der Waals surface area contributed by atoms with Gasteiger partial charge in [0.2, 0.25) is 0 Å². The van der Waals surface area contributed by atoms with E-state index in [4.69, 9.17) is 0 Å². The van der Waals surface area contributed by atoms with Gasteiger partial charge in [-0.05, 0) is 41.3 Å². The minimum absolute atomic E-state index is 0.00254. The zero-order valence-electron chi connectivity index (χ0n) is 15.3. The van der Waals surface area contributed by atoms with E-state index in [1.807, 2.05) is 48.9 Å². The quantitative estimate of drug-likeness (QED) is 0.574. The van der Waals surface area contributed by atoms with Crippen LogP contribution < -0.4 is 5.32 Å². The molecule has 136 valence electrons. The molecule has 6 rings (SSSR count). The van der Waals surface area contributed by atoms with E-state index >= 15 is 0 Å². The van der Waals surface area contributed by atoms with Gasteiger partial charge in [0, 0.05) is 17.2 Å². The van der Waals surface area contributed by atoms with E-state index in [-0.39, 0.29) is 17.5 Å². The molecule has 28 heavy (non-hydrogen) atoms. The van der Waals surface area contributed by atoms with E-state index in [9.17, 15) is 4.79 Å². The van der Waals surface area contributed by atoms with Gasteiger partial charge in [0.1, 0.15) is 0 Å². The van der Waals surface area contributed by atoms with Crippen LogP contribution in [-0.2, 0) is 5.54 Å². The third-order valence-electron chi connectivity index (χ3n) is 6.32. The topological polar surface area (TPSA) is 46.9 Å². The summed E-state index contributed by atoms with van der Waals surface area (Å²) in [5.41, 5.74) is 4.44. The summed E-state index contributed by atoms with van der Waals surface area (Å²) in [5.74, 6) is 0.00254. The van der Waals surface area contributed by atoms with E-state index in [0.717, 1.165) is 29.2 Å². The SMILES string of the molecule is O=C(NC1CC2(C1)c1ccccc1-c1cncn12)c1ccc2ccccc2c1. The number of nitrogens with one attached hydrogen (secondary N) is 1. The van der Waals surface area contributed by atoms with Gasteiger partial charge in [-0.3, -0.25) is 4.79 Å². The highest BCUT2D eigenvalue weighted by Crippen LogP contribution is 2.54. The Balaban J connectivity index is 1.25. The van der Waals surface area contributed by atoms with E-state index in [2.05, 4.69) is 45.2 Å². The van der Waals surface area contributed by atoms with Crippen LogP contribution in [0.1, 0.15) is 28.8 Å². The summed E-state index contributed by atoms with van der Waals surface area (Å²) in [7, 11) is 0. The molecule has 0 unspecified atom stereocenters. The van der Waals surface area contributed by atoms with Crippen molar-refractivity contribution in [3.63, 3.8) is 0 Å². The van der Waals surface area contributed by atoms with E-state index < -0.39 is 0 Å². The number of hydrogen-bond donors (Lipinski definition) is 1. The summed E-state index contributed by atoms with van der Waals surface area (Å²) in [4.78, 5) is 17.2. The summed E-state index contributed by atoms with van der Waals surface area (Å²) in [6, 6.07) is 22.7. The minimum atomic E-state index is -0.0657. The number of amides is 1. The number of carbonyl (C=O) groups is 1. The molecule has 0 radical (unpaired) electrons. The van der Waals surface area contributed by atoms with Gasteiger partial charge in [-0.15, -0.1) is 0 Å². The molecule has 1 fully saturated rings. The van der Waals surface area contributed by atoms with Crippen LogP contribution in [0.2, 0.25) is 0 Å². The first-order valence-corrected chi connectivity index (χ1v) is 9.67. The van der Waals surface area contributed by atoms with Crippen LogP contribution in [0.3, 0.4) is 0 Å². The zero-order valence-corrected chi connectivity index (χ0v) is 15.3. The van der Waals surface area contributed by atoms with Crippen molar-refractivity contribution in [2.45, 2.75) is 24.4 Å². The molecular formula is C24H19N3O. The molecule has 0 bridgehead atoms. The fourth-order valence-corrected chi connectivity index (χ4v) is 4.95. The Morgan fingerprint density at radius 1 is 1.00 bits per heavy atom. The lowest BCUT2D eigenvalue weighted by Gasteiger charge is -2.47. The summed E-state index contributed by atoms with van der Waals surface area (Å²) < 4.78 is 2.29. The smallest absolute Gasteiger partial charge is 0.251 e. The predicted octanol–water partition coefficient (Wildman–Crippen LogP) is 4.35. The number of fused-ring (bicyclic) bond motifs is 6.